The number of nitrogens with one attached hydrogen (secondary N) is 1. The van der Waals surface area contributed by atoms with Crippen molar-refractivity contribution < 1.29 is 5.11 Å². The van der Waals surface area contributed by atoms with Crippen molar-refractivity contribution in [1.29, 1.82) is 0 Å². The van der Waals surface area contributed by atoms with E-state index in [2.05, 4.69) is 33.8 Å². The van der Waals surface area contributed by atoms with Crippen molar-refractivity contribution in [3.8, 4) is 0 Å². The van der Waals surface area contributed by atoms with Crippen LogP contribution in [0.5, 0.6) is 0 Å². The summed E-state index contributed by atoms with van der Waals surface area (Å²) in [6, 6.07) is 6.52. The Bertz CT molecular complexity index is 594. The van der Waals surface area contributed by atoms with E-state index in [1.165, 1.54) is 42.5 Å². The van der Waals surface area contributed by atoms with Crippen LogP contribution in [0.25, 0.3) is 0 Å². The Labute approximate surface area is 125 Å². The molecule has 1 heterocycles. The van der Waals surface area contributed by atoms with Gasteiger partial charge < -0.3 is 10.4 Å². The van der Waals surface area contributed by atoms with Crippen molar-refractivity contribution in [2.24, 2.45) is 0 Å². The van der Waals surface area contributed by atoms with E-state index in [-0.39, 0.29) is 6.61 Å². The number of aliphatic hydroxyl groups is 1. The molecule has 1 aromatic carbocycles. The highest BCUT2D eigenvalue weighted by Crippen LogP contribution is 2.27. The molecule has 2 aromatic rings. The molecule has 5 nitrogen and oxygen atoms in total. The third-order valence-corrected chi connectivity index (χ3v) is 3.99. The predicted molar refractivity (Wildman–Crippen MR) is 82.1 cm³/mol. The topological polar surface area (TPSA) is 63.0 Å². The fraction of sp³-hybridized carbons (Fsp3) is 0.500. The van der Waals surface area contributed by atoms with Crippen molar-refractivity contribution >= 4 is 5.69 Å². The minimum absolute atomic E-state index is 0.184. The molecular formula is C16H22N4O. The van der Waals surface area contributed by atoms with E-state index in [0.29, 0.717) is 19.5 Å². The van der Waals surface area contributed by atoms with E-state index in [9.17, 15) is 0 Å². The van der Waals surface area contributed by atoms with Crippen LogP contribution in [0.4, 0.5) is 5.69 Å². The summed E-state index contributed by atoms with van der Waals surface area (Å²) in [6.07, 6.45) is 7.60. The Kier molecular flexibility index (Phi) is 4.50. The van der Waals surface area contributed by atoms with Gasteiger partial charge in [-0.3, -0.25) is 4.68 Å². The first-order valence-corrected chi connectivity index (χ1v) is 7.71. The summed E-state index contributed by atoms with van der Waals surface area (Å²) in [5, 5.41) is 20.6. The second kappa shape index (κ2) is 6.72. The third kappa shape index (κ3) is 3.42. The number of nitrogens with zero attached hydrogens (tertiary/aromatic N) is 3. The molecule has 0 radical (unpaired) electrons. The van der Waals surface area contributed by atoms with Gasteiger partial charge in [0.15, 0.2) is 0 Å². The smallest absolute Gasteiger partial charge is 0.102 e. The number of rotatable bonds is 6. The van der Waals surface area contributed by atoms with Crippen LogP contribution in [0.2, 0.25) is 0 Å². The van der Waals surface area contributed by atoms with Gasteiger partial charge in [-0.1, -0.05) is 17.3 Å². The van der Waals surface area contributed by atoms with Crippen LogP contribution >= 0.6 is 0 Å². The molecule has 2 N–H and O–H groups in total. The fourth-order valence-corrected chi connectivity index (χ4v) is 2.89. The van der Waals surface area contributed by atoms with E-state index >= 15 is 0 Å². The monoisotopic (exact) mass is 286 g/mol. The first-order valence-electron chi connectivity index (χ1n) is 7.71. The zero-order valence-electron chi connectivity index (χ0n) is 12.3. The Morgan fingerprint density at radius 1 is 1.24 bits per heavy atom. The molecule has 21 heavy (non-hydrogen) atoms. The van der Waals surface area contributed by atoms with Crippen molar-refractivity contribution in [2.45, 2.75) is 45.2 Å². The third-order valence-electron chi connectivity index (χ3n) is 3.99. The second-order valence-electron chi connectivity index (χ2n) is 5.55. The molecular weight excluding hydrogens is 264 g/mol. The van der Waals surface area contributed by atoms with Gasteiger partial charge in [-0.15, -0.1) is 5.10 Å². The standard InChI is InChI=1S/C16H22N4O/c21-10-4-9-20-12-14(18-19-20)11-17-16-8-3-6-13-5-1-2-7-15(13)16/h3,6,8,12,17,21H,1-2,4-5,7,9-11H2. The fourth-order valence-electron chi connectivity index (χ4n) is 2.89. The average molecular weight is 286 g/mol. The Morgan fingerprint density at radius 3 is 3.05 bits per heavy atom. The molecule has 0 amide bonds. The number of benzene rings is 1. The summed E-state index contributed by atoms with van der Waals surface area (Å²) < 4.78 is 1.79. The number of fused-ring (bicyclic) bond motifs is 1. The predicted octanol–water partition coefficient (Wildman–Crippen LogP) is 2.15. The van der Waals surface area contributed by atoms with Gasteiger partial charge in [0.05, 0.1) is 12.7 Å². The average Bonchev–Trinajstić information content (AvgIpc) is 2.99. The summed E-state index contributed by atoms with van der Waals surface area (Å²) in [4.78, 5) is 0. The maximum Gasteiger partial charge on any atom is 0.102 e. The van der Waals surface area contributed by atoms with Crippen molar-refractivity contribution in [3.05, 3.63) is 41.2 Å². The summed E-state index contributed by atoms with van der Waals surface area (Å²) in [5.41, 5.74) is 5.12. The van der Waals surface area contributed by atoms with Gasteiger partial charge in [0.1, 0.15) is 5.69 Å². The van der Waals surface area contributed by atoms with Crippen LogP contribution in [-0.2, 0) is 25.9 Å². The second-order valence-corrected chi connectivity index (χ2v) is 5.55. The molecule has 0 saturated heterocycles. The number of aromatic nitrogens is 3. The lowest BCUT2D eigenvalue weighted by Crippen LogP contribution is -2.08. The van der Waals surface area contributed by atoms with Crippen LogP contribution in [0, 0.1) is 0 Å². The Morgan fingerprint density at radius 2 is 2.14 bits per heavy atom. The van der Waals surface area contributed by atoms with Gasteiger partial charge in [-0.25, -0.2) is 0 Å². The summed E-state index contributed by atoms with van der Waals surface area (Å²) in [5.74, 6) is 0. The zero-order chi connectivity index (χ0) is 14.5. The summed E-state index contributed by atoms with van der Waals surface area (Å²) >= 11 is 0. The molecule has 0 unspecified atom stereocenters. The number of aryl methyl sites for hydroxylation is 2. The molecule has 1 aliphatic rings. The molecule has 0 spiro atoms. The molecule has 1 aliphatic carbocycles. The van der Waals surface area contributed by atoms with Crippen LogP contribution in [0.3, 0.4) is 0 Å². The number of hydrogen-bond donors (Lipinski definition) is 2. The van der Waals surface area contributed by atoms with Gasteiger partial charge in [-0.05, 0) is 49.3 Å². The largest absolute Gasteiger partial charge is 0.396 e. The molecule has 0 atom stereocenters. The Balaban J connectivity index is 1.64. The lowest BCUT2D eigenvalue weighted by molar-refractivity contribution is 0.276. The van der Waals surface area contributed by atoms with Gasteiger partial charge in [0.25, 0.3) is 0 Å². The molecule has 112 valence electrons. The maximum atomic E-state index is 8.83. The summed E-state index contributed by atoms with van der Waals surface area (Å²) in [7, 11) is 0. The van der Waals surface area contributed by atoms with Crippen LogP contribution in [0.1, 0.15) is 36.1 Å². The molecule has 5 heteroatoms. The highest BCUT2D eigenvalue weighted by atomic mass is 16.3. The lowest BCUT2D eigenvalue weighted by Gasteiger charge is -2.19. The maximum absolute atomic E-state index is 8.83. The van der Waals surface area contributed by atoms with E-state index in [4.69, 9.17) is 5.11 Å². The zero-order valence-corrected chi connectivity index (χ0v) is 12.3. The number of anilines is 1. The quantitative estimate of drug-likeness (QED) is 0.854. The highest BCUT2D eigenvalue weighted by Gasteiger charge is 2.12. The minimum Gasteiger partial charge on any atom is -0.396 e. The minimum atomic E-state index is 0.184. The van der Waals surface area contributed by atoms with E-state index in [1.807, 2.05) is 6.20 Å². The summed E-state index contributed by atoms with van der Waals surface area (Å²) in [6.45, 7) is 1.59. The number of hydrogen-bond acceptors (Lipinski definition) is 4. The first kappa shape index (κ1) is 14.1. The Hall–Kier alpha value is -1.88. The van der Waals surface area contributed by atoms with Gasteiger partial charge in [-0.2, -0.15) is 0 Å². The molecule has 0 aliphatic heterocycles. The molecule has 0 fully saturated rings. The van der Waals surface area contributed by atoms with Gasteiger partial charge >= 0.3 is 0 Å². The molecule has 0 bridgehead atoms. The molecule has 1 aromatic heterocycles. The molecule has 3 rings (SSSR count). The normalized spacial score (nSPS) is 14.0. The highest BCUT2D eigenvalue weighted by molar-refractivity contribution is 5.55. The van der Waals surface area contributed by atoms with E-state index < -0.39 is 0 Å². The molecule has 0 saturated carbocycles. The van der Waals surface area contributed by atoms with Crippen LogP contribution < -0.4 is 5.32 Å². The van der Waals surface area contributed by atoms with Crippen molar-refractivity contribution in [1.82, 2.24) is 15.0 Å². The van der Waals surface area contributed by atoms with Crippen molar-refractivity contribution in [2.75, 3.05) is 11.9 Å². The van der Waals surface area contributed by atoms with Crippen LogP contribution in [-0.4, -0.2) is 26.7 Å². The van der Waals surface area contributed by atoms with Crippen LogP contribution in [0.15, 0.2) is 24.4 Å². The lowest BCUT2D eigenvalue weighted by atomic mass is 9.90. The first-order chi connectivity index (χ1) is 10.4. The van der Waals surface area contributed by atoms with Gasteiger partial charge in [0, 0.05) is 18.8 Å². The SMILES string of the molecule is OCCCn1cc(CNc2cccc3c2CCCC3)nn1. The van der Waals surface area contributed by atoms with E-state index in [0.717, 1.165) is 5.69 Å². The van der Waals surface area contributed by atoms with E-state index in [1.54, 1.807) is 4.68 Å². The van der Waals surface area contributed by atoms with Crippen molar-refractivity contribution in [3.63, 3.8) is 0 Å². The van der Waals surface area contributed by atoms with Gasteiger partial charge in [0.2, 0.25) is 0 Å². The number of aliphatic hydroxyl groups excluding tert-OH is 1.